The Morgan fingerprint density at radius 1 is 1.25 bits per heavy atom. The smallest absolute Gasteiger partial charge is 0.236 e. The summed E-state index contributed by atoms with van der Waals surface area (Å²) in [6.45, 7) is 2.20. The monoisotopic (exact) mass is 223 g/mol. The van der Waals surface area contributed by atoms with E-state index in [0.717, 1.165) is 18.5 Å². The Morgan fingerprint density at radius 3 is 2.69 bits per heavy atom. The van der Waals surface area contributed by atoms with Crippen LogP contribution in [0.25, 0.3) is 0 Å². The highest BCUT2D eigenvalue weighted by molar-refractivity contribution is 5.20. The van der Waals surface area contributed by atoms with E-state index in [1.54, 1.807) is 19.5 Å². The van der Waals surface area contributed by atoms with Gasteiger partial charge in [-0.25, -0.2) is 4.98 Å². The summed E-state index contributed by atoms with van der Waals surface area (Å²) in [4.78, 5) is 8.33. The van der Waals surface area contributed by atoms with Crippen LogP contribution in [0.4, 0.5) is 0 Å². The number of ether oxygens (including phenoxy) is 1. The van der Waals surface area contributed by atoms with E-state index in [0.29, 0.717) is 5.88 Å². The number of hydrogen-bond donors (Lipinski definition) is 1. The van der Waals surface area contributed by atoms with Gasteiger partial charge in [0.25, 0.3) is 0 Å². The number of unbranched alkanes of at least 4 members (excludes halogenated alkanes) is 3. The van der Waals surface area contributed by atoms with Gasteiger partial charge < -0.3 is 10.5 Å². The van der Waals surface area contributed by atoms with Crippen molar-refractivity contribution < 1.29 is 4.74 Å². The molecule has 4 heteroatoms. The van der Waals surface area contributed by atoms with Gasteiger partial charge >= 0.3 is 0 Å². The summed E-state index contributed by atoms with van der Waals surface area (Å²) in [5.74, 6) is 0.547. The Kier molecular flexibility index (Phi) is 5.78. The molecule has 0 aliphatic carbocycles. The third-order valence-electron chi connectivity index (χ3n) is 2.60. The first-order valence-corrected chi connectivity index (χ1v) is 5.90. The molecule has 4 nitrogen and oxygen atoms in total. The van der Waals surface area contributed by atoms with Crippen molar-refractivity contribution in [3.8, 4) is 5.88 Å². The van der Waals surface area contributed by atoms with Crippen molar-refractivity contribution in [1.82, 2.24) is 9.97 Å². The molecule has 0 aliphatic heterocycles. The number of nitrogens with two attached hydrogens (primary N) is 1. The maximum atomic E-state index is 6.07. The van der Waals surface area contributed by atoms with Crippen molar-refractivity contribution >= 4 is 0 Å². The van der Waals surface area contributed by atoms with Gasteiger partial charge in [-0.15, -0.1) is 0 Å². The predicted octanol–water partition coefficient (Wildman–Crippen LogP) is 2.46. The van der Waals surface area contributed by atoms with E-state index in [-0.39, 0.29) is 6.04 Å². The van der Waals surface area contributed by atoms with E-state index >= 15 is 0 Å². The lowest BCUT2D eigenvalue weighted by molar-refractivity contribution is 0.381. The molecule has 0 aromatic carbocycles. The first-order chi connectivity index (χ1) is 7.79. The average molecular weight is 223 g/mol. The Morgan fingerprint density at radius 2 is 2.00 bits per heavy atom. The molecule has 1 aromatic rings. The lowest BCUT2D eigenvalue weighted by Crippen LogP contribution is -2.14. The predicted molar refractivity (Wildman–Crippen MR) is 64.3 cm³/mol. The van der Waals surface area contributed by atoms with Crippen LogP contribution in [0, 0.1) is 0 Å². The van der Waals surface area contributed by atoms with E-state index < -0.39 is 0 Å². The summed E-state index contributed by atoms with van der Waals surface area (Å²) >= 11 is 0. The largest absolute Gasteiger partial charge is 0.480 e. The van der Waals surface area contributed by atoms with Crippen LogP contribution >= 0.6 is 0 Å². The van der Waals surface area contributed by atoms with Crippen molar-refractivity contribution in [2.75, 3.05) is 7.11 Å². The highest BCUT2D eigenvalue weighted by Gasteiger charge is 2.13. The first-order valence-electron chi connectivity index (χ1n) is 5.90. The lowest BCUT2D eigenvalue weighted by Gasteiger charge is -2.12. The van der Waals surface area contributed by atoms with Crippen LogP contribution in [-0.4, -0.2) is 17.1 Å². The molecule has 90 valence electrons. The van der Waals surface area contributed by atoms with Crippen LogP contribution in [0.5, 0.6) is 5.88 Å². The maximum absolute atomic E-state index is 6.07. The highest BCUT2D eigenvalue weighted by Crippen LogP contribution is 2.22. The summed E-state index contributed by atoms with van der Waals surface area (Å²) < 4.78 is 5.14. The third kappa shape index (κ3) is 3.77. The molecule has 0 aliphatic rings. The SMILES string of the molecule is CCCCCCC(N)c1nccnc1OC. The molecule has 1 heterocycles. The fraction of sp³-hybridized carbons (Fsp3) is 0.667. The topological polar surface area (TPSA) is 61.0 Å². The van der Waals surface area contributed by atoms with Gasteiger partial charge in [-0.05, 0) is 6.42 Å². The summed E-state index contributed by atoms with van der Waals surface area (Å²) in [6, 6.07) is -0.0690. The number of rotatable bonds is 7. The van der Waals surface area contributed by atoms with E-state index in [9.17, 15) is 0 Å². The van der Waals surface area contributed by atoms with Gasteiger partial charge in [0, 0.05) is 12.4 Å². The van der Waals surface area contributed by atoms with E-state index in [1.807, 2.05) is 0 Å². The second-order valence-electron chi connectivity index (χ2n) is 3.91. The second kappa shape index (κ2) is 7.17. The van der Waals surface area contributed by atoms with Crippen LogP contribution in [-0.2, 0) is 0 Å². The van der Waals surface area contributed by atoms with E-state index in [2.05, 4.69) is 16.9 Å². The molecule has 0 radical (unpaired) electrons. The molecule has 0 fully saturated rings. The van der Waals surface area contributed by atoms with Crippen LogP contribution in [0.3, 0.4) is 0 Å². The van der Waals surface area contributed by atoms with Gasteiger partial charge in [0.15, 0.2) is 0 Å². The zero-order chi connectivity index (χ0) is 11.8. The summed E-state index contributed by atoms with van der Waals surface area (Å²) in [7, 11) is 1.59. The average Bonchev–Trinajstić information content (AvgIpc) is 2.34. The fourth-order valence-corrected chi connectivity index (χ4v) is 1.68. The molecule has 1 unspecified atom stereocenters. The molecule has 0 amide bonds. The molecule has 1 rings (SSSR count). The van der Waals surface area contributed by atoms with Gasteiger partial charge in [-0.2, -0.15) is 0 Å². The molecule has 1 aromatic heterocycles. The molecule has 0 spiro atoms. The van der Waals surface area contributed by atoms with Crippen LogP contribution < -0.4 is 10.5 Å². The molecule has 1 atom stereocenters. The summed E-state index contributed by atoms with van der Waals surface area (Å²) in [6.07, 6.45) is 9.08. The minimum atomic E-state index is -0.0690. The van der Waals surface area contributed by atoms with Crippen molar-refractivity contribution in [1.29, 1.82) is 0 Å². The van der Waals surface area contributed by atoms with Gasteiger partial charge in [0.05, 0.1) is 13.2 Å². The van der Waals surface area contributed by atoms with Crippen molar-refractivity contribution in [3.05, 3.63) is 18.1 Å². The number of hydrogen-bond acceptors (Lipinski definition) is 4. The molecule has 0 bridgehead atoms. The van der Waals surface area contributed by atoms with Crippen LogP contribution in [0.1, 0.15) is 50.8 Å². The zero-order valence-electron chi connectivity index (χ0n) is 10.1. The summed E-state index contributed by atoms with van der Waals surface area (Å²) in [5.41, 5.74) is 6.84. The first kappa shape index (κ1) is 12.9. The molecular formula is C12H21N3O. The zero-order valence-corrected chi connectivity index (χ0v) is 10.1. The summed E-state index contributed by atoms with van der Waals surface area (Å²) in [5, 5.41) is 0. The molecule has 0 saturated heterocycles. The third-order valence-corrected chi connectivity index (χ3v) is 2.60. The molecule has 16 heavy (non-hydrogen) atoms. The Hall–Kier alpha value is -1.16. The van der Waals surface area contributed by atoms with Crippen LogP contribution in [0.15, 0.2) is 12.4 Å². The van der Waals surface area contributed by atoms with Gasteiger partial charge in [0.1, 0.15) is 5.69 Å². The quantitative estimate of drug-likeness (QED) is 0.721. The Bertz CT molecular complexity index is 304. The van der Waals surface area contributed by atoms with Gasteiger partial charge in [-0.3, -0.25) is 4.98 Å². The lowest BCUT2D eigenvalue weighted by atomic mass is 10.1. The standard InChI is InChI=1S/C12H21N3O/c1-3-4-5-6-7-10(13)11-12(16-2)15-9-8-14-11/h8-10H,3-7,13H2,1-2H3. The number of methoxy groups -OCH3 is 1. The molecule has 2 N–H and O–H groups in total. The normalized spacial score (nSPS) is 12.4. The molecular weight excluding hydrogens is 202 g/mol. The van der Waals surface area contributed by atoms with E-state index in [4.69, 9.17) is 10.5 Å². The minimum Gasteiger partial charge on any atom is -0.480 e. The highest BCUT2D eigenvalue weighted by atomic mass is 16.5. The van der Waals surface area contributed by atoms with Gasteiger partial charge in [0.2, 0.25) is 5.88 Å². The van der Waals surface area contributed by atoms with Crippen molar-refractivity contribution in [2.24, 2.45) is 5.73 Å². The number of aromatic nitrogens is 2. The maximum Gasteiger partial charge on any atom is 0.236 e. The Labute approximate surface area is 97.2 Å². The van der Waals surface area contributed by atoms with E-state index in [1.165, 1.54) is 19.3 Å². The Balaban J connectivity index is 2.48. The fourth-order valence-electron chi connectivity index (χ4n) is 1.68. The second-order valence-corrected chi connectivity index (χ2v) is 3.91. The van der Waals surface area contributed by atoms with Gasteiger partial charge in [-0.1, -0.05) is 32.6 Å². The van der Waals surface area contributed by atoms with Crippen molar-refractivity contribution in [2.45, 2.75) is 45.1 Å². The van der Waals surface area contributed by atoms with Crippen LogP contribution in [0.2, 0.25) is 0 Å². The minimum absolute atomic E-state index is 0.0690. The van der Waals surface area contributed by atoms with Crippen molar-refractivity contribution in [3.63, 3.8) is 0 Å². The molecule has 0 saturated carbocycles. The number of nitrogens with zero attached hydrogens (tertiary/aromatic N) is 2.